The van der Waals surface area contributed by atoms with Gasteiger partial charge >= 0.3 is 0 Å². The molecule has 0 bridgehead atoms. The van der Waals surface area contributed by atoms with Crippen LogP contribution in [0, 0.1) is 6.92 Å². The maximum Gasteiger partial charge on any atom is 0.251 e. The van der Waals surface area contributed by atoms with Crippen LogP contribution in [0.4, 0.5) is 0 Å². The fourth-order valence-electron chi connectivity index (χ4n) is 1.56. The molecular formula is C13H14N2O2S. The Bertz CT molecular complexity index is 538. The van der Waals surface area contributed by atoms with Gasteiger partial charge in [-0.3, -0.25) is 4.79 Å². The first kappa shape index (κ1) is 12.6. The first-order valence-corrected chi connectivity index (χ1v) is 6.51. The lowest BCUT2D eigenvalue weighted by Crippen LogP contribution is -2.25. The molecule has 0 saturated carbocycles. The average Bonchev–Trinajstić information content (AvgIpc) is 2.85. The second kappa shape index (κ2) is 5.64. The van der Waals surface area contributed by atoms with Gasteiger partial charge < -0.3 is 10.4 Å². The fraction of sp³-hybridized carbons (Fsp3) is 0.231. The van der Waals surface area contributed by atoms with Gasteiger partial charge in [0.1, 0.15) is 5.75 Å². The summed E-state index contributed by atoms with van der Waals surface area (Å²) in [5.74, 6) is 0.0731. The van der Waals surface area contributed by atoms with E-state index >= 15 is 0 Å². The number of amides is 1. The Kier molecular flexibility index (Phi) is 3.94. The molecule has 0 aliphatic carbocycles. The van der Waals surface area contributed by atoms with Gasteiger partial charge in [-0.2, -0.15) is 0 Å². The van der Waals surface area contributed by atoms with E-state index in [0.717, 1.165) is 11.4 Å². The summed E-state index contributed by atoms with van der Waals surface area (Å²) in [5.41, 5.74) is 1.26. The highest BCUT2D eigenvalue weighted by molar-refractivity contribution is 7.09. The van der Waals surface area contributed by atoms with Crippen molar-refractivity contribution in [3.8, 4) is 5.75 Å². The monoisotopic (exact) mass is 262 g/mol. The van der Waals surface area contributed by atoms with Crippen molar-refractivity contribution in [1.82, 2.24) is 10.3 Å². The van der Waals surface area contributed by atoms with E-state index in [1.54, 1.807) is 36.6 Å². The minimum absolute atomic E-state index is 0.130. The number of carbonyl (C=O) groups is 1. The molecular weight excluding hydrogens is 248 g/mol. The number of carbonyl (C=O) groups excluding carboxylic acids is 1. The number of rotatable bonds is 4. The smallest absolute Gasteiger partial charge is 0.251 e. The van der Waals surface area contributed by atoms with Crippen molar-refractivity contribution in [2.45, 2.75) is 13.3 Å². The third-order valence-corrected chi connectivity index (χ3v) is 3.41. The van der Waals surface area contributed by atoms with Gasteiger partial charge in [0.15, 0.2) is 0 Å². The van der Waals surface area contributed by atoms with Crippen LogP contribution in [0.3, 0.4) is 0 Å². The van der Waals surface area contributed by atoms with Crippen LogP contribution < -0.4 is 5.32 Å². The molecule has 1 heterocycles. The molecule has 2 N–H and O–H groups in total. The zero-order chi connectivity index (χ0) is 13.0. The van der Waals surface area contributed by atoms with E-state index in [2.05, 4.69) is 10.3 Å². The molecule has 94 valence electrons. The summed E-state index contributed by atoms with van der Waals surface area (Å²) in [6.45, 7) is 2.33. The summed E-state index contributed by atoms with van der Waals surface area (Å²) in [7, 11) is 0. The number of phenolic OH excluding ortho intramolecular Hbond substituents is 1. The van der Waals surface area contributed by atoms with E-state index < -0.39 is 0 Å². The zero-order valence-electron chi connectivity index (χ0n) is 10.0. The summed E-state index contributed by atoms with van der Waals surface area (Å²) >= 11 is 1.58. The third-order valence-electron chi connectivity index (χ3n) is 2.57. The SMILES string of the molecule is Cc1cc(C(=O)NCCc2nccs2)ccc1O. The Hall–Kier alpha value is -1.88. The van der Waals surface area contributed by atoms with E-state index in [1.807, 2.05) is 5.38 Å². The molecule has 4 nitrogen and oxygen atoms in total. The predicted octanol–water partition coefficient (Wildman–Crippen LogP) is 2.13. The van der Waals surface area contributed by atoms with Crippen molar-refractivity contribution in [3.63, 3.8) is 0 Å². The van der Waals surface area contributed by atoms with Gasteiger partial charge in [0.2, 0.25) is 0 Å². The number of thiazole rings is 1. The van der Waals surface area contributed by atoms with Crippen LogP contribution in [0.15, 0.2) is 29.8 Å². The van der Waals surface area contributed by atoms with Crippen molar-refractivity contribution in [2.75, 3.05) is 6.54 Å². The van der Waals surface area contributed by atoms with Crippen LogP contribution in [0.2, 0.25) is 0 Å². The molecule has 0 aliphatic rings. The highest BCUT2D eigenvalue weighted by Gasteiger charge is 2.07. The lowest BCUT2D eigenvalue weighted by molar-refractivity contribution is 0.0954. The summed E-state index contributed by atoms with van der Waals surface area (Å²) in [6, 6.07) is 4.82. The number of nitrogens with one attached hydrogen (secondary N) is 1. The molecule has 18 heavy (non-hydrogen) atoms. The lowest BCUT2D eigenvalue weighted by Gasteiger charge is -2.05. The summed E-state index contributed by atoms with van der Waals surface area (Å²) in [6.07, 6.45) is 2.49. The average molecular weight is 262 g/mol. The van der Waals surface area contributed by atoms with E-state index in [1.165, 1.54) is 6.07 Å². The lowest BCUT2D eigenvalue weighted by atomic mass is 10.1. The van der Waals surface area contributed by atoms with E-state index in [4.69, 9.17) is 0 Å². The van der Waals surface area contributed by atoms with Crippen molar-refractivity contribution >= 4 is 17.2 Å². The minimum Gasteiger partial charge on any atom is -0.508 e. The van der Waals surface area contributed by atoms with Crippen molar-refractivity contribution in [2.24, 2.45) is 0 Å². The summed E-state index contributed by atoms with van der Waals surface area (Å²) in [5, 5.41) is 15.1. The number of nitrogens with zero attached hydrogens (tertiary/aromatic N) is 1. The molecule has 1 aromatic heterocycles. The molecule has 0 aliphatic heterocycles. The largest absolute Gasteiger partial charge is 0.508 e. The molecule has 5 heteroatoms. The first-order valence-electron chi connectivity index (χ1n) is 5.63. The predicted molar refractivity (Wildman–Crippen MR) is 71.0 cm³/mol. The number of aryl methyl sites for hydroxylation is 1. The summed E-state index contributed by atoms with van der Waals surface area (Å²) in [4.78, 5) is 16.0. The number of hydrogen-bond donors (Lipinski definition) is 2. The van der Waals surface area contributed by atoms with Gasteiger partial charge in [-0.25, -0.2) is 4.98 Å². The third kappa shape index (κ3) is 3.07. The maximum absolute atomic E-state index is 11.8. The molecule has 0 atom stereocenters. The van der Waals surface area contributed by atoms with Crippen molar-refractivity contribution in [1.29, 1.82) is 0 Å². The van der Waals surface area contributed by atoms with Crippen LogP contribution in [-0.2, 0) is 6.42 Å². The molecule has 0 unspecified atom stereocenters. The maximum atomic E-state index is 11.8. The number of aromatic hydroxyl groups is 1. The van der Waals surface area contributed by atoms with Gasteiger partial charge in [0.05, 0.1) is 5.01 Å². The summed E-state index contributed by atoms with van der Waals surface area (Å²) < 4.78 is 0. The van der Waals surface area contributed by atoms with Gasteiger partial charge in [-0.1, -0.05) is 0 Å². The Morgan fingerprint density at radius 3 is 3.00 bits per heavy atom. The first-order chi connectivity index (χ1) is 8.66. The second-order valence-electron chi connectivity index (χ2n) is 3.93. The highest BCUT2D eigenvalue weighted by atomic mass is 32.1. The molecule has 0 fully saturated rings. The Morgan fingerprint density at radius 1 is 1.50 bits per heavy atom. The van der Waals surface area contributed by atoms with Crippen LogP contribution in [0.25, 0.3) is 0 Å². The Morgan fingerprint density at radius 2 is 2.33 bits per heavy atom. The number of aromatic nitrogens is 1. The zero-order valence-corrected chi connectivity index (χ0v) is 10.8. The quantitative estimate of drug-likeness (QED) is 0.887. The van der Waals surface area contributed by atoms with Crippen LogP contribution in [0.5, 0.6) is 5.75 Å². The molecule has 0 saturated heterocycles. The van der Waals surface area contributed by atoms with Gasteiger partial charge in [-0.05, 0) is 30.7 Å². The molecule has 0 radical (unpaired) electrons. The standard InChI is InChI=1S/C13H14N2O2S/c1-9-8-10(2-3-11(9)16)13(17)15-5-4-12-14-6-7-18-12/h2-3,6-8,16H,4-5H2,1H3,(H,15,17). The molecule has 2 aromatic rings. The number of phenols is 1. The van der Waals surface area contributed by atoms with Gasteiger partial charge in [0.25, 0.3) is 5.91 Å². The fourth-order valence-corrected chi connectivity index (χ4v) is 2.18. The molecule has 1 aromatic carbocycles. The Labute approximate surface area is 109 Å². The van der Waals surface area contributed by atoms with E-state index in [9.17, 15) is 9.90 Å². The van der Waals surface area contributed by atoms with E-state index in [-0.39, 0.29) is 11.7 Å². The van der Waals surface area contributed by atoms with Crippen molar-refractivity contribution in [3.05, 3.63) is 45.9 Å². The van der Waals surface area contributed by atoms with E-state index in [0.29, 0.717) is 17.7 Å². The normalized spacial score (nSPS) is 10.3. The Balaban J connectivity index is 1.89. The number of hydrogen-bond acceptors (Lipinski definition) is 4. The van der Waals surface area contributed by atoms with Gasteiger partial charge in [0, 0.05) is 30.1 Å². The van der Waals surface area contributed by atoms with Crippen LogP contribution in [-0.4, -0.2) is 22.5 Å². The van der Waals surface area contributed by atoms with Crippen LogP contribution >= 0.6 is 11.3 Å². The molecule has 0 spiro atoms. The molecule has 1 amide bonds. The van der Waals surface area contributed by atoms with Crippen molar-refractivity contribution < 1.29 is 9.90 Å². The topological polar surface area (TPSA) is 62.2 Å². The van der Waals surface area contributed by atoms with Crippen LogP contribution in [0.1, 0.15) is 20.9 Å². The number of benzene rings is 1. The highest BCUT2D eigenvalue weighted by Crippen LogP contribution is 2.16. The minimum atomic E-state index is -0.130. The van der Waals surface area contributed by atoms with Gasteiger partial charge in [-0.15, -0.1) is 11.3 Å². The molecule has 2 rings (SSSR count). The second-order valence-corrected chi connectivity index (χ2v) is 4.91.